The number of aliphatic hydroxyl groups excluding tert-OH is 1. The minimum Gasteiger partial charge on any atom is -0.496 e. The van der Waals surface area contributed by atoms with Crippen molar-refractivity contribution < 1.29 is 19.3 Å². The largest absolute Gasteiger partial charge is 0.496 e. The summed E-state index contributed by atoms with van der Waals surface area (Å²) in [5.74, 6) is 1.87. The first-order chi connectivity index (χ1) is 11.1. The molecule has 1 aromatic carbocycles. The zero-order valence-electron chi connectivity index (χ0n) is 14.5. The SMILES string of the molecule is COc1cc(OC)c(C(O)C(C)CN2CCNCC2)c(OC)c1. The quantitative estimate of drug-likeness (QED) is 0.788. The van der Waals surface area contributed by atoms with Crippen LogP contribution in [0.4, 0.5) is 0 Å². The first kappa shape index (κ1) is 17.8. The molecule has 1 aliphatic heterocycles. The topological polar surface area (TPSA) is 63.2 Å². The number of hydrogen-bond donors (Lipinski definition) is 2. The Kier molecular flexibility index (Phi) is 6.50. The van der Waals surface area contributed by atoms with Gasteiger partial charge in [-0.25, -0.2) is 0 Å². The monoisotopic (exact) mass is 324 g/mol. The van der Waals surface area contributed by atoms with E-state index in [0.717, 1.165) is 32.7 Å². The number of rotatable bonds is 7. The van der Waals surface area contributed by atoms with Crippen molar-refractivity contribution in [2.75, 3.05) is 54.1 Å². The van der Waals surface area contributed by atoms with Crippen LogP contribution in [0.1, 0.15) is 18.6 Å². The molecule has 2 unspecified atom stereocenters. The van der Waals surface area contributed by atoms with Crippen molar-refractivity contribution in [2.24, 2.45) is 5.92 Å². The fourth-order valence-electron chi connectivity index (χ4n) is 3.01. The normalized spacial score (nSPS) is 18.3. The van der Waals surface area contributed by atoms with Crippen molar-refractivity contribution in [1.82, 2.24) is 10.2 Å². The summed E-state index contributed by atoms with van der Waals surface area (Å²) in [6, 6.07) is 3.55. The third-order valence-electron chi connectivity index (χ3n) is 4.34. The number of benzene rings is 1. The summed E-state index contributed by atoms with van der Waals surface area (Å²) >= 11 is 0. The standard InChI is InChI=1S/C17H28N2O4/c1-12(11-19-7-5-18-6-8-19)17(20)16-14(22-3)9-13(21-2)10-15(16)23-4/h9-10,12,17-18,20H,5-8,11H2,1-4H3. The van der Waals surface area contributed by atoms with Crippen LogP contribution in [0, 0.1) is 5.92 Å². The van der Waals surface area contributed by atoms with Crippen molar-refractivity contribution >= 4 is 0 Å². The summed E-state index contributed by atoms with van der Waals surface area (Å²) < 4.78 is 16.2. The van der Waals surface area contributed by atoms with Gasteiger partial charge in [-0.1, -0.05) is 6.92 Å². The van der Waals surface area contributed by atoms with E-state index in [1.165, 1.54) is 0 Å². The second kappa shape index (κ2) is 8.38. The Hall–Kier alpha value is -1.50. The Morgan fingerprint density at radius 1 is 1.09 bits per heavy atom. The van der Waals surface area contributed by atoms with Crippen molar-refractivity contribution in [3.8, 4) is 17.2 Å². The van der Waals surface area contributed by atoms with Crippen LogP contribution in [0.25, 0.3) is 0 Å². The van der Waals surface area contributed by atoms with E-state index in [1.807, 2.05) is 0 Å². The molecule has 1 aliphatic rings. The van der Waals surface area contributed by atoms with Crippen molar-refractivity contribution in [2.45, 2.75) is 13.0 Å². The lowest BCUT2D eigenvalue weighted by Crippen LogP contribution is -2.45. The summed E-state index contributed by atoms with van der Waals surface area (Å²) in [6.45, 7) is 6.90. The molecule has 1 aromatic rings. The van der Waals surface area contributed by atoms with Crippen LogP contribution in [0.15, 0.2) is 12.1 Å². The molecule has 2 atom stereocenters. The predicted molar refractivity (Wildman–Crippen MR) is 89.5 cm³/mol. The molecule has 0 radical (unpaired) electrons. The molecule has 0 amide bonds. The Balaban J connectivity index is 2.20. The van der Waals surface area contributed by atoms with E-state index in [4.69, 9.17) is 14.2 Å². The van der Waals surface area contributed by atoms with Crippen LogP contribution in [-0.2, 0) is 0 Å². The molecule has 130 valence electrons. The molecular formula is C17H28N2O4. The van der Waals surface area contributed by atoms with Gasteiger partial charge >= 0.3 is 0 Å². The lowest BCUT2D eigenvalue weighted by molar-refractivity contribution is 0.0799. The van der Waals surface area contributed by atoms with Gasteiger partial charge in [-0.05, 0) is 5.92 Å². The second-order valence-corrected chi connectivity index (χ2v) is 5.92. The third-order valence-corrected chi connectivity index (χ3v) is 4.34. The van der Waals surface area contributed by atoms with Crippen molar-refractivity contribution in [3.05, 3.63) is 17.7 Å². The van der Waals surface area contributed by atoms with Crippen molar-refractivity contribution in [1.29, 1.82) is 0 Å². The van der Waals surface area contributed by atoms with E-state index < -0.39 is 6.10 Å². The lowest BCUT2D eigenvalue weighted by atomic mass is 9.94. The molecular weight excluding hydrogens is 296 g/mol. The van der Waals surface area contributed by atoms with Gasteiger partial charge in [0.05, 0.1) is 33.0 Å². The summed E-state index contributed by atoms with van der Waals surface area (Å²) in [6.07, 6.45) is -0.666. The minimum atomic E-state index is -0.666. The molecule has 0 bridgehead atoms. The number of nitrogens with one attached hydrogen (secondary N) is 1. The van der Waals surface area contributed by atoms with Crippen LogP contribution >= 0.6 is 0 Å². The summed E-state index contributed by atoms with van der Waals surface area (Å²) in [4.78, 5) is 2.37. The smallest absolute Gasteiger partial charge is 0.132 e. The number of ether oxygens (including phenoxy) is 3. The molecule has 6 nitrogen and oxygen atoms in total. The zero-order valence-corrected chi connectivity index (χ0v) is 14.5. The zero-order chi connectivity index (χ0) is 16.8. The summed E-state index contributed by atoms with van der Waals surface area (Å²) in [5, 5.41) is 14.2. The Morgan fingerprint density at radius 2 is 1.65 bits per heavy atom. The molecule has 0 spiro atoms. The van der Waals surface area contributed by atoms with Crippen molar-refractivity contribution in [3.63, 3.8) is 0 Å². The summed E-state index contributed by atoms with van der Waals surface area (Å²) in [5.41, 5.74) is 0.679. The number of nitrogens with zero attached hydrogens (tertiary/aromatic N) is 1. The van der Waals surface area contributed by atoms with Gasteiger partial charge in [-0.15, -0.1) is 0 Å². The van der Waals surface area contributed by atoms with E-state index in [9.17, 15) is 5.11 Å². The van der Waals surface area contributed by atoms with Crippen LogP contribution < -0.4 is 19.5 Å². The Labute approximate surface area is 138 Å². The number of piperazine rings is 1. The molecule has 0 aliphatic carbocycles. The maximum atomic E-state index is 10.9. The number of hydrogen-bond acceptors (Lipinski definition) is 6. The number of methoxy groups -OCH3 is 3. The highest BCUT2D eigenvalue weighted by Gasteiger charge is 2.27. The van der Waals surface area contributed by atoms with Gasteiger partial charge in [-0.3, -0.25) is 0 Å². The maximum absolute atomic E-state index is 10.9. The van der Waals surface area contributed by atoms with Gasteiger partial charge in [0.1, 0.15) is 17.2 Å². The molecule has 0 aromatic heterocycles. The van der Waals surface area contributed by atoms with E-state index >= 15 is 0 Å². The molecule has 1 saturated heterocycles. The van der Waals surface area contributed by atoms with Crippen LogP contribution in [0.2, 0.25) is 0 Å². The molecule has 6 heteroatoms. The first-order valence-electron chi connectivity index (χ1n) is 8.01. The van der Waals surface area contributed by atoms with E-state index in [2.05, 4.69) is 17.1 Å². The second-order valence-electron chi connectivity index (χ2n) is 5.92. The fraction of sp³-hybridized carbons (Fsp3) is 0.647. The highest BCUT2D eigenvalue weighted by Crippen LogP contribution is 2.40. The van der Waals surface area contributed by atoms with Gasteiger partial charge in [0, 0.05) is 44.9 Å². The van der Waals surface area contributed by atoms with Crippen LogP contribution in [0.3, 0.4) is 0 Å². The Bertz CT molecular complexity index is 478. The predicted octanol–water partition coefficient (Wildman–Crippen LogP) is 1.29. The molecule has 0 saturated carbocycles. The van der Waals surface area contributed by atoms with Gasteiger partial charge in [0.2, 0.25) is 0 Å². The number of aliphatic hydroxyl groups is 1. The summed E-state index contributed by atoms with van der Waals surface area (Å²) in [7, 11) is 4.77. The van der Waals surface area contributed by atoms with Gasteiger partial charge in [0.25, 0.3) is 0 Å². The molecule has 1 heterocycles. The first-order valence-corrected chi connectivity index (χ1v) is 8.01. The van der Waals surface area contributed by atoms with E-state index in [0.29, 0.717) is 22.8 Å². The van der Waals surface area contributed by atoms with E-state index in [1.54, 1.807) is 33.5 Å². The molecule has 23 heavy (non-hydrogen) atoms. The molecule has 2 rings (SSSR count). The van der Waals surface area contributed by atoms with E-state index in [-0.39, 0.29) is 5.92 Å². The maximum Gasteiger partial charge on any atom is 0.132 e. The van der Waals surface area contributed by atoms with Gasteiger partial charge < -0.3 is 29.5 Å². The average Bonchev–Trinajstić information content (AvgIpc) is 2.60. The highest BCUT2D eigenvalue weighted by molar-refractivity contribution is 5.52. The van der Waals surface area contributed by atoms with Gasteiger partial charge in [-0.2, -0.15) is 0 Å². The Morgan fingerprint density at radius 3 is 2.13 bits per heavy atom. The van der Waals surface area contributed by atoms with Crippen LogP contribution in [-0.4, -0.2) is 64.1 Å². The molecule has 2 N–H and O–H groups in total. The lowest BCUT2D eigenvalue weighted by Gasteiger charge is -2.32. The fourth-order valence-corrected chi connectivity index (χ4v) is 3.01. The molecule has 1 fully saturated rings. The van der Waals surface area contributed by atoms with Gasteiger partial charge in [0.15, 0.2) is 0 Å². The minimum absolute atomic E-state index is 0.0595. The third kappa shape index (κ3) is 4.28. The van der Waals surface area contributed by atoms with Crippen LogP contribution in [0.5, 0.6) is 17.2 Å². The average molecular weight is 324 g/mol. The highest BCUT2D eigenvalue weighted by atomic mass is 16.5.